The highest BCUT2D eigenvalue weighted by Crippen LogP contribution is 2.35. The van der Waals surface area contributed by atoms with E-state index in [0.717, 1.165) is 12.8 Å². The third-order valence-corrected chi connectivity index (χ3v) is 7.68. The lowest BCUT2D eigenvalue weighted by molar-refractivity contribution is 1.13. The van der Waals surface area contributed by atoms with Gasteiger partial charge in [0.15, 0.2) is 0 Å². The highest BCUT2D eigenvalue weighted by molar-refractivity contribution is 6.10. The fourth-order valence-corrected chi connectivity index (χ4v) is 5.67. The number of H-pyrrole nitrogens is 1. The van der Waals surface area contributed by atoms with E-state index in [1.165, 1.54) is 71.6 Å². The molecule has 1 N–H and O–H groups in total. The molecular formula is C34H28N2. The van der Waals surface area contributed by atoms with Gasteiger partial charge in [-0.05, 0) is 89.7 Å². The number of aromatic nitrogens is 2. The molecule has 2 nitrogen and oxygen atoms in total. The maximum atomic E-state index is 3.53. The highest BCUT2D eigenvalue weighted by atomic mass is 15.0. The smallest absolute Gasteiger partial charge is 0.0541 e. The zero-order chi connectivity index (χ0) is 24.2. The fraction of sp³-hybridized carbons (Fsp3) is 0.118. The van der Waals surface area contributed by atoms with Crippen LogP contribution in [0.15, 0.2) is 103 Å². The van der Waals surface area contributed by atoms with Crippen molar-refractivity contribution in [2.45, 2.75) is 26.7 Å². The van der Waals surface area contributed by atoms with Crippen LogP contribution in [-0.2, 0) is 12.8 Å². The first-order valence-corrected chi connectivity index (χ1v) is 12.9. The molecule has 2 aromatic heterocycles. The van der Waals surface area contributed by atoms with E-state index >= 15 is 0 Å². The SMILES string of the molecule is CCc1ccc2c(c1)c1cc(CC)ccc1n2-c1ccc(-c2ccc3[nH]c4ccccc4c3c2)cc1. The van der Waals surface area contributed by atoms with Crippen molar-refractivity contribution < 1.29 is 0 Å². The van der Waals surface area contributed by atoms with Crippen LogP contribution >= 0.6 is 0 Å². The number of hydrogen-bond acceptors (Lipinski definition) is 0. The van der Waals surface area contributed by atoms with Crippen molar-refractivity contribution in [1.29, 1.82) is 0 Å². The summed E-state index contributed by atoms with van der Waals surface area (Å²) in [5.41, 5.74) is 11.3. The molecule has 0 saturated heterocycles. The second kappa shape index (κ2) is 8.13. The standard InChI is InChI=1S/C34H28N2/c1-3-22-9-17-33-29(19-22)30-20-23(4-2)10-18-34(30)36(33)26-14-11-24(12-15-26)25-13-16-32-28(21-25)27-7-5-6-8-31(27)35-32/h5-21,35H,3-4H2,1-2H3. The molecule has 0 atom stereocenters. The minimum Gasteiger partial charge on any atom is -0.355 e. The Kier molecular flexibility index (Phi) is 4.75. The minimum absolute atomic E-state index is 1.05. The van der Waals surface area contributed by atoms with Gasteiger partial charge in [-0.15, -0.1) is 0 Å². The maximum absolute atomic E-state index is 3.53. The molecule has 174 valence electrons. The molecule has 0 aliphatic rings. The number of benzene rings is 5. The lowest BCUT2D eigenvalue weighted by atomic mass is 10.0. The van der Waals surface area contributed by atoms with E-state index in [0.29, 0.717) is 0 Å². The quantitative estimate of drug-likeness (QED) is 0.268. The van der Waals surface area contributed by atoms with Crippen molar-refractivity contribution in [1.82, 2.24) is 9.55 Å². The topological polar surface area (TPSA) is 20.7 Å². The van der Waals surface area contributed by atoms with Gasteiger partial charge in [0.1, 0.15) is 0 Å². The molecule has 7 rings (SSSR count). The Labute approximate surface area is 210 Å². The first kappa shape index (κ1) is 21.0. The monoisotopic (exact) mass is 464 g/mol. The molecule has 0 aliphatic carbocycles. The lowest BCUT2D eigenvalue weighted by Gasteiger charge is -2.10. The second-order valence-corrected chi connectivity index (χ2v) is 9.72. The van der Waals surface area contributed by atoms with Crippen LogP contribution in [-0.4, -0.2) is 9.55 Å². The van der Waals surface area contributed by atoms with Gasteiger partial charge in [-0.25, -0.2) is 0 Å². The van der Waals surface area contributed by atoms with E-state index in [9.17, 15) is 0 Å². The van der Waals surface area contributed by atoms with Crippen molar-refractivity contribution in [2.75, 3.05) is 0 Å². The van der Waals surface area contributed by atoms with Crippen LogP contribution in [0.25, 0.3) is 60.4 Å². The van der Waals surface area contributed by atoms with Gasteiger partial charge in [0.25, 0.3) is 0 Å². The molecule has 2 heteroatoms. The van der Waals surface area contributed by atoms with Crippen molar-refractivity contribution in [3.8, 4) is 16.8 Å². The minimum atomic E-state index is 1.05. The molecule has 0 bridgehead atoms. The van der Waals surface area contributed by atoms with Gasteiger partial charge in [0.2, 0.25) is 0 Å². The number of hydrogen-bond donors (Lipinski definition) is 1. The van der Waals surface area contributed by atoms with E-state index in [1.807, 2.05) is 0 Å². The number of nitrogens with zero attached hydrogens (tertiary/aromatic N) is 1. The molecule has 0 amide bonds. The summed E-state index contributed by atoms with van der Waals surface area (Å²) in [7, 11) is 0. The van der Waals surface area contributed by atoms with Crippen LogP contribution in [0.3, 0.4) is 0 Å². The summed E-state index contributed by atoms with van der Waals surface area (Å²) >= 11 is 0. The van der Waals surface area contributed by atoms with Crippen LogP contribution in [0.1, 0.15) is 25.0 Å². The van der Waals surface area contributed by atoms with E-state index in [1.54, 1.807) is 0 Å². The highest BCUT2D eigenvalue weighted by Gasteiger charge is 2.14. The van der Waals surface area contributed by atoms with Crippen LogP contribution in [0.4, 0.5) is 0 Å². The zero-order valence-electron chi connectivity index (χ0n) is 20.7. The molecule has 7 aromatic rings. The third kappa shape index (κ3) is 3.18. The molecule has 36 heavy (non-hydrogen) atoms. The van der Waals surface area contributed by atoms with Crippen molar-refractivity contribution >= 4 is 43.6 Å². The normalized spacial score (nSPS) is 11.8. The van der Waals surface area contributed by atoms with Gasteiger partial charge < -0.3 is 9.55 Å². The number of aryl methyl sites for hydroxylation is 2. The van der Waals surface area contributed by atoms with Gasteiger partial charge in [0.05, 0.1) is 11.0 Å². The largest absolute Gasteiger partial charge is 0.355 e. The molecule has 2 heterocycles. The predicted molar refractivity (Wildman–Crippen MR) is 154 cm³/mol. The van der Waals surface area contributed by atoms with Gasteiger partial charge in [0, 0.05) is 38.3 Å². The van der Waals surface area contributed by atoms with Gasteiger partial charge in [-0.3, -0.25) is 0 Å². The molecule has 0 spiro atoms. The second-order valence-electron chi connectivity index (χ2n) is 9.72. The zero-order valence-corrected chi connectivity index (χ0v) is 20.7. The van der Waals surface area contributed by atoms with E-state index in [-0.39, 0.29) is 0 Å². The van der Waals surface area contributed by atoms with Crippen molar-refractivity contribution in [2.24, 2.45) is 0 Å². The average molecular weight is 465 g/mol. The Morgan fingerprint density at radius 1 is 0.528 bits per heavy atom. The summed E-state index contributed by atoms with van der Waals surface area (Å²) < 4.78 is 2.41. The van der Waals surface area contributed by atoms with Crippen LogP contribution < -0.4 is 0 Å². The summed E-state index contributed by atoms with van der Waals surface area (Å²) in [5, 5.41) is 5.23. The van der Waals surface area contributed by atoms with E-state index in [2.05, 4.69) is 127 Å². The Morgan fingerprint density at radius 3 is 1.81 bits per heavy atom. The van der Waals surface area contributed by atoms with Gasteiger partial charge in [-0.1, -0.05) is 62.4 Å². The molecule has 5 aromatic carbocycles. The predicted octanol–water partition coefficient (Wildman–Crippen LogP) is 9.21. The number of fused-ring (bicyclic) bond motifs is 6. The molecule has 0 aliphatic heterocycles. The average Bonchev–Trinajstić information content (AvgIpc) is 3.47. The van der Waals surface area contributed by atoms with E-state index in [4.69, 9.17) is 0 Å². The molecule has 0 saturated carbocycles. The number of rotatable bonds is 4. The summed E-state index contributed by atoms with van der Waals surface area (Å²) in [6.07, 6.45) is 2.09. The first-order valence-electron chi connectivity index (χ1n) is 12.9. The number of nitrogens with one attached hydrogen (secondary N) is 1. The Morgan fingerprint density at radius 2 is 1.14 bits per heavy atom. The Bertz CT molecular complexity index is 1840. The Balaban J connectivity index is 1.37. The van der Waals surface area contributed by atoms with Crippen molar-refractivity contribution in [3.05, 3.63) is 114 Å². The summed E-state index contributed by atoms with van der Waals surface area (Å²) in [6, 6.07) is 38.1. The first-order chi connectivity index (χ1) is 17.7. The molecule has 0 fully saturated rings. The maximum Gasteiger partial charge on any atom is 0.0541 e. The molecule has 0 unspecified atom stereocenters. The number of aromatic amines is 1. The lowest BCUT2D eigenvalue weighted by Crippen LogP contribution is -1.94. The van der Waals surface area contributed by atoms with Crippen LogP contribution in [0.2, 0.25) is 0 Å². The van der Waals surface area contributed by atoms with Crippen molar-refractivity contribution in [3.63, 3.8) is 0 Å². The van der Waals surface area contributed by atoms with Crippen LogP contribution in [0, 0.1) is 0 Å². The summed E-state index contributed by atoms with van der Waals surface area (Å²) in [4.78, 5) is 3.53. The summed E-state index contributed by atoms with van der Waals surface area (Å²) in [5.74, 6) is 0. The van der Waals surface area contributed by atoms with Gasteiger partial charge >= 0.3 is 0 Å². The third-order valence-electron chi connectivity index (χ3n) is 7.68. The Hall–Kier alpha value is -4.30. The summed E-state index contributed by atoms with van der Waals surface area (Å²) in [6.45, 7) is 4.45. The van der Waals surface area contributed by atoms with Gasteiger partial charge in [-0.2, -0.15) is 0 Å². The van der Waals surface area contributed by atoms with E-state index < -0.39 is 0 Å². The fourth-order valence-electron chi connectivity index (χ4n) is 5.67. The molecule has 0 radical (unpaired) electrons. The number of para-hydroxylation sites is 1. The molecular weight excluding hydrogens is 436 g/mol. The van der Waals surface area contributed by atoms with Crippen LogP contribution in [0.5, 0.6) is 0 Å².